The lowest BCUT2D eigenvalue weighted by Crippen LogP contribution is -2.37. The van der Waals surface area contributed by atoms with Crippen LogP contribution in [-0.2, 0) is 22.5 Å². The number of guanidine groups is 1. The van der Waals surface area contributed by atoms with Gasteiger partial charge in [0.05, 0.1) is 6.61 Å². The number of benzene rings is 2. The van der Waals surface area contributed by atoms with E-state index >= 15 is 0 Å². The van der Waals surface area contributed by atoms with E-state index in [1.54, 1.807) is 7.11 Å². The first kappa shape index (κ1) is 31.6. The lowest BCUT2D eigenvalue weighted by atomic mass is 9.99. The molecule has 4 N–H and O–H groups in total. The summed E-state index contributed by atoms with van der Waals surface area (Å²) >= 11 is 0. The van der Waals surface area contributed by atoms with Crippen LogP contribution < -0.4 is 21.1 Å². The van der Waals surface area contributed by atoms with E-state index in [2.05, 4.69) is 63.8 Å². The number of likely N-dealkylation sites (tertiary alicyclic amines) is 1. The summed E-state index contributed by atoms with van der Waals surface area (Å²) in [6, 6.07) is 14.9. The van der Waals surface area contributed by atoms with Crippen LogP contribution in [-0.4, -0.2) is 69.8 Å². The summed E-state index contributed by atoms with van der Waals surface area (Å²) in [6.07, 6.45) is 7.75. The van der Waals surface area contributed by atoms with Gasteiger partial charge in [-0.2, -0.15) is 0 Å². The standard InChI is InChI=1S/C32H49N5O3/c1-3-4-17-35-32(33)36-31(38)16-12-26-11-15-29(30(24-26)40-23-8-22-39-2)28-13-9-27(10-14-28)25-34-18-21-37-19-6-5-7-20-37/h9-11,13-15,24,34H,3-8,12,16-23,25H2,1-2H3,(H3,33,35,36,38). The Morgan fingerprint density at radius 3 is 2.55 bits per heavy atom. The maximum atomic E-state index is 12.4. The molecule has 40 heavy (non-hydrogen) atoms. The van der Waals surface area contributed by atoms with E-state index in [0.717, 1.165) is 61.3 Å². The first-order chi connectivity index (χ1) is 19.6. The van der Waals surface area contributed by atoms with Gasteiger partial charge < -0.3 is 25.4 Å². The number of piperidine rings is 1. The Labute approximate surface area is 240 Å². The molecule has 8 nitrogen and oxygen atoms in total. The molecule has 2 aromatic carbocycles. The van der Waals surface area contributed by atoms with Gasteiger partial charge in [-0.15, -0.1) is 0 Å². The molecule has 1 aliphatic rings. The molecule has 0 saturated carbocycles. The second-order valence-electron chi connectivity index (χ2n) is 10.5. The molecule has 220 valence electrons. The van der Waals surface area contributed by atoms with Crippen LogP contribution in [0.25, 0.3) is 11.1 Å². The van der Waals surface area contributed by atoms with E-state index in [9.17, 15) is 4.79 Å². The normalized spacial score (nSPS) is 14.3. The Morgan fingerprint density at radius 1 is 1.02 bits per heavy atom. The topological polar surface area (TPSA) is 101 Å². The number of unbranched alkanes of at least 4 members (excludes halogenated alkanes) is 1. The Bertz CT molecular complexity index is 1040. The van der Waals surface area contributed by atoms with Gasteiger partial charge in [-0.3, -0.25) is 15.1 Å². The maximum Gasteiger partial charge on any atom is 0.226 e. The summed E-state index contributed by atoms with van der Waals surface area (Å²) in [4.78, 5) is 19.1. The number of amides is 1. The van der Waals surface area contributed by atoms with Crippen molar-refractivity contribution in [2.45, 2.75) is 64.8 Å². The largest absolute Gasteiger partial charge is 0.493 e. The van der Waals surface area contributed by atoms with E-state index in [1.807, 2.05) is 6.07 Å². The number of hydrogen-bond acceptors (Lipinski definition) is 6. The molecular formula is C32H49N5O3. The van der Waals surface area contributed by atoms with E-state index in [1.165, 1.54) is 37.9 Å². The van der Waals surface area contributed by atoms with Crippen LogP contribution >= 0.6 is 0 Å². The minimum absolute atomic E-state index is 0.135. The Morgan fingerprint density at radius 2 is 1.80 bits per heavy atom. The van der Waals surface area contributed by atoms with Gasteiger partial charge in [0.15, 0.2) is 5.96 Å². The lowest BCUT2D eigenvalue weighted by molar-refractivity contribution is -0.119. The monoisotopic (exact) mass is 551 g/mol. The van der Waals surface area contributed by atoms with Crippen molar-refractivity contribution >= 4 is 11.9 Å². The molecule has 1 heterocycles. The average molecular weight is 552 g/mol. The molecule has 2 aromatic rings. The van der Waals surface area contributed by atoms with Crippen LogP contribution in [0, 0.1) is 0 Å². The minimum Gasteiger partial charge on any atom is -0.493 e. The van der Waals surface area contributed by atoms with Crippen molar-refractivity contribution < 1.29 is 14.3 Å². The molecule has 0 atom stereocenters. The number of nitrogens with one attached hydrogen (secondary N) is 2. The Hall–Kier alpha value is -2.94. The molecular weight excluding hydrogens is 502 g/mol. The molecule has 0 radical (unpaired) electrons. The van der Waals surface area contributed by atoms with Gasteiger partial charge in [-0.1, -0.05) is 56.2 Å². The molecule has 3 rings (SSSR count). The molecule has 0 bridgehead atoms. The number of hydrogen-bond donors (Lipinski definition) is 3. The van der Waals surface area contributed by atoms with Gasteiger partial charge in [0, 0.05) is 58.3 Å². The molecule has 0 aliphatic carbocycles. The molecule has 1 saturated heterocycles. The molecule has 0 unspecified atom stereocenters. The number of rotatable bonds is 17. The van der Waals surface area contributed by atoms with Crippen molar-refractivity contribution in [2.24, 2.45) is 10.7 Å². The number of nitrogens with two attached hydrogens (primary N) is 1. The number of methoxy groups -OCH3 is 1. The highest BCUT2D eigenvalue weighted by molar-refractivity contribution is 5.96. The van der Waals surface area contributed by atoms with Crippen LogP contribution in [0.5, 0.6) is 5.75 Å². The zero-order valence-corrected chi connectivity index (χ0v) is 24.6. The molecule has 0 spiro atoms. The zero-order chi connectivity index (χ0) is 28.4. The fourth-order valence-electron chi connectivity index (χ4n) is 4.78. The molecule has 8 heteroatoms. The highest BCUT2D eigenvalue weighted by Gasteiger charge is 2.11. The van der Waals surface area contributed by atoms with Gasteiger partial charge in [0.1, 0.15) is 5.75 Å². The third-order valence-corrected chi connectivity index (χ3v) is 7.15. The van der Waals surface area contributed by atoms with E-state index in [-0.39, 0.29) is 11.9 Å². The summed E-state index contributed by atoms with van der Waals surface area (Å²) in [5.74, 6) is 0.878. The highest BCUT2D eigenvalue weighted by Crippen LogP contribution is 2.32. The van der Waals surface area contributed by atoms with Crippen LogP contribution in [0.1, 0.15) is 63.0 Å². The Balaban J connectivity index is 1.57. The lowest BCUT2D eigenvalue weighted by Gasteiger charge is -2.26. The number of carbonyl (C=O) groups is 1. The predicted octanol–water partition coefficient (Wildman–Crippen LogP) is 4.51. The van der Waals surface area contributed by atoms with E-state index in [0.29, 0.717) is 32.6 Å². The van der Waals surface area contributed by atoms with Crippen LogP contribution in [0.2, 0.25) is 0 Å². The second kappa shape index (κ2) is 18.4. The fraction of sp³-hybridized carbons (Fsp3) is 0.562. The molecule has 1 aliphatic heterocycles. The summed E-state index contributed by atoms with van der Waals surface area (Å²) in [5, 5.41) is 6.27. The van der Waals surface area contributed by atoms with Crippen molar-refractivity contribution in [3.8, 4) is 16.9 Å². The SMILES string of the molecule is CCCCN=C(N)NC(=O)CCc1ccc(-c2ccc(CNCCN3CCCCC3)cc2)c(OCCCOC)c1. The van der Waals surface area contributed by atoms with Gasteiger partial charge in [0.2, 0.25) is 5.91 Å². The van der Waals surface area contributed by atoms with Crippen molar-refractivity contribution in [2.75, 3.05) is 53.0 Å². The molecule has 1 amide bonds. The summed E-state index contributed by atoms with van der Waals surface area (Å²) in [7, 11) is 1.70. The van der Waals surface area contributed by atoms with Gasteiger partial charge in [0.25, 0.3) is 0 Å². The van der Waals surface area contributed by atoms with Crippen LogP contribution in [0.15, 0.2) is 47.5 Å². The number of carbonyl (C=O) groups excluding carboxylic acids is 1. The van der Waals surface area contributed by atoms with Gasteiger partial charge in [-0.25, -0.2) is 0 Å². The zero-order valence-electron chi connectivity index (χ0n) is 24.6. The number of ether oxygens (including phenoxy) is 2. The number of aliphatic imine (C=N–C) groups is 1. The van der Waals surface area contributed by atoms with Crippen molar-refractivity contribution in [3.63, 3.8) is 0 Å². The first-order valence-electron chi connectivity index (χ1n) is 15.0. The number of aryl methyl sites for hydroxylation is 1. The van der Waals surface area contributed by atoms with Crippen molar-refractivity contribution in [3.05, 3.63) is 53.6 Å². The quantitative estimate of drug-likeness (QED) is 0.152. The summed E-state index contributed by atoms with van der Waals surface area (Å²) in [6.45, 7) is 9.41. The smallest absolute Gasteiger partial charge is 0.226 e. The first-order valence-corrected chi connectivity index (χ1v) is 15.0. The number of nitrogens with zero attached hydrogens (tertiary/aromatic N) is 2. The van der Waals surface area contributed by atoms with E-state index in [4.69, 9.17) is 15.2 Å². The molecule has 1 fully saturated rings. The Kier molecular flexibility index (Phi) is 14.5. The highest BCUT2D eigenvalue weighted by atomic mass is 16.5. The maximum absolute atomic E-state index is 12.4. The third kappa shape index (κ3) is 11.7. The van der Waals surface area contributed by atoms with E-state index < -0.39 is 0 Å². The van der Waals surface area contributed by atoms with Gasteiger partial charge in [-0.05, 0) is 61.5 Å². The molecule has 0 aromatic heterocycles. The van der Waals surface area contributed by atoms with Crippen LogP contribution in [0.3, 0.4) is 0 Å². The minimum atomic E-state index is -0.135. The second-order valence-corrected chi connectivity index (χ2v) is 10.5. The van der Waals surface area contributed by atoms with Crippen molar-refractivity contribution in [1.29, 1.82) is 0 Å². The summed E-state index contributed by atoms with van der Waals surface area (Å²) in [5.41, 5.74) is 10.3. The average Bonchev–Trinajstić information content (AvgIpc) is 2.97. The van der Waals surface area contributed by atoms with Crippen molar-refractivity contribution in [1.82, 2.24) is 15.5 Å². The van der Waals surface area contributed by atoms with Gasteiger partial charge >= 0.3 is 0 Å². The third-order valence-electron chi connectivity index (χ3n) is 7.15. The summed E-state index contributed by atoms with van der Waals surface area (Å²) < 4.78 is 11.4. The fourth-order valence-corrected chi connectivity index (χ4v) is 4.78. The predicted molar refractivity (Wildman–Crippen MR) is 164 cm³/mol. The van der Waals surface area contributed by atoms with Crippen LogP contribution in [0.4, 0.5) is 0 Å².